The van der Waals surface area contributed by atoms with E-state index >= 15 is 0 Å². The molecule has 182 valence electrons. The number of hydrogen-bond acceptors (Lipinski definition) is 4. The molecule has 3 aromatic carbocycles. The summed E-state index contributed by atoms with van der Waals surface area (Å²) in [4.78, 5) is 29.3. The Morgan fingerprint density at radius 3 is 2.00 bits per heavy atom. The lowest BCUT2D eigenvalue weighted by Crippen LogP contribution is -2.45. The van der Waals surface area contributed by atoms with Gasteiger partial charge in [-0.3, -0.25) is 9.69 Å². The highest BCUT2D eigenvalue weighted by Gasteiger charge is 2.17. The van der Waals surface area contributed by atoms with Crippen molar-refractivity contribution in [1.82, 2.24) is 10.2 Å². The number of urea groups is 1. The molecular formula is C28H33N5O2. The van der Waals surface area contributed by atoms with E-state index in [1.54, 1.807) is 24.3 Å². The zero-order valence-corrected chi connectivity index (χ0v) is 20.3. The van der Waals surface area contributed by atoms with Crippen LogP contribution in [0.4, 0.5) is 21.9 Å². The molecule has 7 heteroatoms. The van der Waals surface area contributed by atoms with E-state index in [-0.39, 0.29) is 18.0 Å². The first kappa shape index (κ1) is 24.3. The smallest absolute Gasteiger partial charge is 0.319 e. The molecule has 0 spiro atoms. The summed E-state index contributed by atoms with van der Waals surface area (Å²) in [5.74, 6) is -0.189. The summed E-state index contributed by atoms with van der Waals surface area (Å²) < 4.78 is 0. The van der Waals surface area contributed by atoms with E-state index in [1.165, 1.54) is 5.56 Å². The lowest BCUT2D eigenvalue weighted by atomic mass is 10.1. The number of amides is 3. The molecular weight excluding hydrogens is 438 g/mol. The standard InChI is InChI=1S/C28H33N5O2/c1-21(2)29-28(35)31-25-10-8-23(9-11-25)27(34)30-24-12-14-26(15-13-24)33-18-16-32(17-19-33)20-22-6-4-3-5-7-22/h3-15,21H,16-20H2,1-2H3,(H,30,34)(H2,29,31,35). The van der Waals surface area contributed by atoms with Crippen LogP contribution in [0.1, 0.15) is 29.8 Å². The Morgan fingerprint density at radius 2 is 1.37 bits per heavy atom. The summed E-state index contributed by atoms with van der Waals surface area (Å²) in [6.45, 7) is 8.79. The second kappa shape index (κ2) is 11.5. The first-order chi connectivity index (χ1) is 17.0. The van der Waals surface area contributed by atoms with Gasteiger partial charge in [-0.05, 0) is 67.9 Å². The minimum atomic E-state index is -0.269. The minimum Gasteiger partial charge on any atom is -0.369 e. The molecule has 1 saturated heterocycles. The van der Waals surface area contributed by atoms with Crippen LogP contribution >= 0.6 is 0 Å². The maximum atomic E-state index is 12.6. The zero-order chi connectivity index (χ0) is 24.6. The monoisotopic (exact) mass is 471 g/mol. The highest BCUT2D eigenvalue weighted by atomic mass is 16.2. The first-order valence-electron chi connectivity index (χ1n) is 12.1. The van der Waals surface area contributed by atoms with E-state index in [2.05, 4.69) is 68.2 Å². The molecule has 0 radical (unpaired) electrons. The SMILES string of the molecule is CC(C)NC(=O)Nc1ccc(C(=O)Nc2ccc(N3CCN(Cc4ccccc4)CC3)cc2)cc1. The molecule has 1 fully saturated rings. The van der Waals surface area contributed by atoms with Crippen molar-refractivity contribution >= 4 is 29.0 Å². The Morgan fingerprint density at radius 1 is 0.771 bits per heavy atom. The maximum absolute atomic E-state index is 12.6. The van der Waals surface area contributed by atoms with Crippen molar-refractivity contribution in [3.63, 3.8) is 0 Å². The maximum Gasteiger partial charge on any atom is 0.319 e. The van der Waals surface area contributed by atoms with Crippen molar-refractivity contribution in [3.8, 4) is 0 Å². The minimum absolute atomic E-state index is 0.0516. The molecule has 35 heavy (non-hydrogen) atoms. The molecule has 7 nitrogen and oxygen atoms in total. The third-order valence-electron chi connectivity index (χ3n) is 5.94. The van der Waals surface area contributed by atoms with Gasteiger partial charge in [0, 0.05) is 61.4 Å². The van der Waals surface area contributed by atoms with Crippen LogP contribution < -0.4 is 20.9 Å². The molecule has 1 aliphatic heterocycles. The highest BCUT2D eigenvalue weighted by molar-refractivity contribution is 6.04. The molecule has 3 amide bonds. The normalized spacial score (nSPS) is 14.0. The van der Waals surface area contributed by atoms with Gasteiger partial charge in [-0.1, -0.05) is 30.3 Å². The fourth-order valence-electron chi connectivity index (χ4n) is 4.10. The van der Waals surface area contributed by atoms with Crippen LogP contribution in [0.2, 0.25) is 0 Å². The second-order valence-corrected chi connectivity index (χ2v) is 9.08. The van der Waals surface area contributed by atoms with E-state index in [1.807, 2.05) is 26.0 Å². The topological polar surface area (TPSA) is 76.7 Å². The van der Waals surface area contributed by atoms with E-state index in [0.717, 1.165) is 44.1 Å². The number of anilines is 3. The molecule has 0 unspecified atom stereocenters. The summed E-state index contributed by atoms with van der Waals surface area (Å²) in [5, 5.41) is 8.46. The molecule has 0 saturated carbocycles. The molecule has 0 aliphatic carbocycles. The van der Waals surface area contributed by atoms with Crippen LogP contribution in [0.3, 0.4) is 0 Å². The van der Waals surface area contributed by atoms with Gasteiger partial charge in [-0.2, -0.15) is 0 Å². The summed E-state index contributed by atoms with van der Waals surface area (Å²) in [5.41, 5.74) is 4.42. The van der Waals surface area contributed by atoms with Gasteiger partial charge in [0.2, 0.25) is 0 Å². The van der Waals surface area contributed by atoms with Gasteiger partial charge < -0.3 is 20.9 Å². The number of nitrogens with zero attached hydrogens (tertiary/aromatic N) is 2. The highest BCUT2D eigenvalue weighted by Crippen LogP contribution is 2.21. The van der Waals surface area contributed by atoms with Gasteiger partial charge in [-0.15, -0.1) is 0 Å². The van der Waals surface area contributed by atoms with Gasteiger partial charge in [0.05, 0.1) is 0 Å². The molecule has 1 aliphatic rings. The fourth-order valence-corrected chi connectivity index (χ4v) is 4.10. The predicted molar refractivity (Wildman–Crippen MR) is 142 cm³/mol. The van der Waals surface area contributed by atoms with E-state index in [4.69, 9.17) is 0 Å². The summed E-state index contributed by atoms with van der Waals surface area (Å²) in [6, 6.07) is 25.2. The Bertz CT molecular complexity index is 1110. The first-order valence-corrected chi connectivity index (χ1v) is 12.1. The summed E-state index contributed by atoms with van der Waals surface area (Å²) >= 11 is 0. The van der Waals surface area contributed by atoms with Crippen molar-refractivity contribution < 1.29 is 9.59 Å². The van der Waals surface area contributed by atoms with Crippen LogP contribution in [0.15, 0.2) is 78.9 Å². The van der Waals surface area contributed by atoms with Crippen LogP contribution in [-0.2, 0) is 6.54 Å². The molecule has 3 N–H and O–H groups in total. The van der Waals surface area contributed by atoms with Gasteiger partial charge in [0.15, 0.2) is 0 Å². The van der Waals surface area contributed by atoms with Crippen molar-refractivity contribution in [1.29, 1.82) is 0 Å². The second-order valence-electron chi connectivity index (χ2n) is 9.08. The van der Waals surface area contributed by atoms with Crippen LogP contribution in [0.5, 0.6) is 0 Å². The van der Waals surface area contributed by atoms with Crippen LogP contribution in [-0.4, -0.2) is 49.1 Å². The predicted octanol–water partition coefficient (Wildman–Crippen LogP) is 4.79. The van der Waals surface area contributed by atoms with Crippen LogP contribution in [0, 0.1) is 0 Å². The van der Waals surface area contributed by atoms with Crippen molar-refractivity contribution in [2.45, 2.75) is 26.4 Å². The third-order valence-corrected chi connectivity index (χ3v) is 5.94. The number of nitrogens with one attached hydrogen (secondary N) is 3. The summed E-state index contributed by atoms with van der Waals surface area (Å²) in [6.07, 6.45) is 0. The van der Waals surface area contributed by atoms with Gasteiger partial charge in [-0.25, -0.2) is 4.79 Å². The molecule has 1 heterocycles. The van der Waals surface area contributed by atoms with Gasteiger partial charge in [0.1, 0.15) is 0 Å². The number of piperazine rings is 1. The van der Waals surface area contributed by atoms with E-state index < -0.39 is 0 Å². The van der Waals surface area contributed by atoms with Crippen LogP contribution in [0.25, 0.3) is 0 Å². The number of carbonyl (C=O) groups excluding carboxylic acids is 2. The largest absolute Gasteiger partial charge is 0.369 e. The Hall–Kier alpha value is -3.84. The van der Waals surface area contributed by atoms with E-state index in [9.17, 15) is 9.59 Å². The molecule has 0 bridgehead atoms. The lowest BCUT2D eigenvalue weighted by molar-refractivity contribution is 0.102. The summed E-state index contributed by atoms with van der Waals surface area (Å²) in [7, 11) is 0. The Balaban J connectivity index is 1.26. The lowest BCUT2D eigenvalue weighted by Gasteiger charge is -2.36. The van der Waals surface area contributed by atoms with E-state index in [0.29, 0.717) is 11.3 Å². The average Bonchev–Trinajstić information content (AvgIpc) is 2.85. The zero-order valence-electron chi connectivity index (χ0n) is 20.3. The molecule has 0 atom stereocenters. The third kappa shape index (κ3) is 7.07. The average molecular weight is 472 g/mol. The van der Waals surface area contributed by atoms with Gasteiger partial charge >= 0.3 is 6.03 Å². The van der Waals surface area contributed by atoms with Crippen molar-refractivity contribution in [2.24, 2.45) is 0 Å². The molecule has 4 rings (SSSR count). The molecule has 0 aromatic heterocycles. The van der Waals surface area contributed by atoms with Crippen molar-refractivity contribution in [3.05, 3.63) is 90.0 Å². The number of carbonyl (C=O) groups is 2. The number of rotatable bonds is 7. The van der Waals surface area contributed by atoms with Crippen molar-refractivity contribution in [2.75, 3.05) is 41.7 Å². The Labute approximate surface area is 207 Å². The number of hydrogen-bond donors (Lipinski definition) is 3. The fraction of sp³-hybridized carbons (Fsp3) is 0.286. The molecule has 3 aromatic rings. The number of benzene rings is 3. The van der Waals surface area contributed by atoms with Gasteiger partial charge in [0.25, 0.3) is 5.91 Å². The quantitative estimate of drug-likeness (QED) is 0.463. The Kier molecular flexibility index (Phi) is 8.00.